The third-order valence-corrected chi connectivity index (χ3v) is 6.42. The average molecular weight is 430 g/mol. The van der Waals surface area contributed by atoms with Gasteiger partial charge in [0.05, 0.1) is 23.1 Å². The minimum Gasteiger partial charge on any atom is -0.310 e. The van der Waals surface area contributed by atoms with E-state index in [0.29, 0.717) is 23.2 Å². The molecule has 1 heterocycles. The molecule has 0 radical (unpaired) electrons. The summed E-state index contributed by atoms with van der Waals surface area (Å²) in [5.41, 5.74) is 2.46. The van der Waals surface area contributed by atoms with Gasteiger partial charge in [0.1, 0.15) is 0 Å². The summed E-state index contributed by atoms with van der Waals surface area (Å²) in [6.07, 6.45) is 1.79. The van der Waals surface area contributed by atoms with Gasteiger partial charge in [-0.1, -0.05) is 36.4 Å². The maximum atomic E-state index is 13.1. The van der Waals surface area contributed by atoms with Gasteiger partial charge in [-0.15, -0.1) is 0 Å². The summed E-state index contributed by atoms with van der Waals surface area (Å²) in [6, 6.07) is 22.2. The summed E-state index contributed by atoms with van der Waals surface area (Å²) in [6.45, 7) is 2.26. The van der Waals surface area contributed by atoms with E-state index in [-0.39, 0.29) is 10.5 Å². The number of nitrogens with zero attached hydrogens (tertiary/aromatic N) is 2. The predicted octanol–water partition coefficient (Wildman–Crippen LogP) is 4.03. The Morgan fingerprint density at radius 1 is 0.968 bits per heavy atom. The number of sulfonamides is 1. The summed E-state index contributed by atoms with van der Waals surface area (Å²) in [7, 11) is -3.76. The van der Waals surface area contributed by atoms with Crippen LogP contribution in [0.2, 0.25) is 0 Å². The van der Waals surface area contributed by atoms with Crippen molar-refractivity contribution in [2.75, 3.05) is 4.72 Å². The van der Waals surface area contributed by atoms with Crippen molar-refractivity contribution in [3.05, 3.63) is 106 Å². The lowest BCUT2D eigenvalue weighted by molar-refractivity contribution is 0.601. The average Bonchev–Trinajstić information content (AvgIpc) is 2.78. The number of rotatable bonds is 5. The van der Waals surface area contributed by atoms with Crippen molar-refractivity contribution in [3.8, 4) is 6.07 Å². The zero-order valence-electron chi connectivity index (χ0n) is 16.7. The highest BCUT2D eigenvalue weighted by Gasteiger charge is 2.15. The largest absolute Gasteiger partial charge is 0.310 e. The topological polar surface area (TPSA) is 92.0 Å². The minimum atomic E-state index is -3.76. The fraction of sp³-hybridized carbons (Fsp3) is 0.0833. The molecule has 31 heavy (non-hydrogen) atoms. The first-order valence-corrected chi connectivity index (χ1v) is 11.1. The van der Waals surface area contributed by atoms with E-state index in [4.69, 9.17) is 5.26 Å². The number of aryl methyl sites for hydroxylation is 1. The van der Waals surface area contributed by atoms with Crippen LogP contribution in [0.1, 0.15) is 16.7 Å². The lowest BCUT2D eigenvalue weighted by atomic mass is 10.1. The molecule has 0 saturated heterocycles. The molecule has 6 nitrogen and oxygen atoms in total. The number of benzene rings is 3. The first-order chi connectivity index (χ1) is 14.9. The monoisotopic (exact) mass is 429 g/mol. The van der Waals surface area contributed by atoms with E-state index >= 15 is 0 Å². The molecule has 7 heteroatoms. The minimum absolute atomic E-state index is 0.151. The summed E-state index contributed by atoms with van der Waals surface area (Å²) in [5.74, 6) is 0. The van der Waals surface area contributed by atoms with Gasteiger partial charge in [0, 0.05) is 17.3 Å². The number of hydrogen-bond acceptors (Lipinski definition) is 4. The molecule has 0 saturated carbocycles. The lowest BCUT2D eigenvalue weighted by Gasteiger charge is -2.13. The van der Waals surface area contributed by atoms with Crippen LogP contribution >= 0.6 is 0 Å². The molecule has 0 unspecified atom stereocenters. The molecule has 0 amide bonds. The number of pyridine rings is 1. The highest BCUT2D eigenvalue weighted by Crippen LogP contribution is 2.22. The Hall–Kier alpha value is -3.89. The molecule has 1 N–H and O–H groups in total. The predicted molar refractivity (Wildman–Crippen MR) is 120 cm³/mol. The van der Waals surface area contributed by atoms with Gasteiger partial charge < -0.3 is 4.57 Å². The van der Waals surface area contributed by atoms with Gasteiger partial charge in [-0.3, -0.25) is 9.52 Å². The van der Waals surface area contributed by atoms with Gasteiger partial charge in [0.25, 0.3) is 15.6 Å². The third kappa shape index (κ3) is 4.20. The van der Waals surface area contributed by atoms with Gasteiger partial charge in [-0.05, 0) is 59.8 Å². The molecule has 0 atom stereocenters. The lowest BCUT2D eigenvalue weighted by Crippen LogP contribution is -2.21. The fourth-order valence-electron chi connectivity index (χ4n) is 3.46. The maximum Gasteiger partial charge on any atom is 0.261 e. The second kappa shape index (κ2) is 8.09. The molecule has 0 aliphatic rings. The standard InChI is InChI=1S/C24H19N3O3S/c1-17-15-27(16-19-9-7-18(14-25)8-10-19)24(28)23-13-20(11-12-22(17)23)26-31(29,30)21-5-3-2-4-6-21/h2-13,15,26H,16H2,1H3. The number of aromatic nitrogens is 1. The first-order valence-electron chi connectivity index (χ1n) is 9.58. The second-order valence-corrected chi connectivity index (χ2v) is 8.92. The molecule has 4 rings (SSSR count). The molecule has 0 spiro atoms. The molecule has 4 aromatic rings. The second-order valence-electron chi connectivity index (χ2n) is 7.23. The van der Waals surface area contributed by atoms with Crippen molar-refractivity contribution in [1.82, 2.24) is 4.57 Å². The quantitative estimate of drug-likeness (QED) is 0.518. The van der Waals surface area contributed by atoms with Crippen LogP contribution in [0.3, 0.4) is 0 Å². The Kier molecular flexibility index (Phi) is 5.32. The van der Waals surface area contributed by atoms with Gasteiger partial charge in [0.2, 0.25) is 0 Å². The summed E-state index contributed by atoms with van der Waals surface area (Å²) in [4.78, 5) is 13.3. The van der Waals surface area contributed by atoms with Crippen LogP contribution in [0.15, 0.2) is 88.7 Å². The van der Waals surface area contributed by atoms with Crippen LogP contribution in [-0.4, -0.2) is 13.0 Å². The van der Waals surface area contributed by atoms with Crippen LogP contribution < -0.4 is 10.3 Å². The fourth-order valence-corrected chi connectivity index (χ4v) is 4.53. The molecular formula is C24H19N3O3S. The number of anilines is 1. The van der Waals surface area contributed by atoms with Gasteiger partial charge in [-0.25, -0.2) is 8.42 Å². The van der Waals surface area contributed by atoms with Crippen molar-refractivity contribution >= 4 is 26.5 Å². The molecule has 154 valence electrons. The van der Waals surface area contributed by atoms with Crippen molar-refractivity contribution in [3.63, 3.8) is 0 Å². The van der Waals surface area contributed by atoms with Crippen molar-refractivity contribution < 1.29 is 8.42 Å². The van der Waals surface area contributed by atoms with E-state index in [9.17, 15) is 13.2 Å². The molecule has 0 bridgehead atoms. The molecule has 1 aromatic heterocycles. The van der Waals surface area contributed by atoms with Crippen molar-refractivity contribution in [2.24, 2.45) is 0 Å². The summed E-state index contributed by atoms with van der Waals surface area (Å²) in [5, 5.41) is 10.1. The smallest absolute Gasteiger partial charge is 0.261 e. The van der Waals surface area contributed by atoms with E-state index in [2.05, 4.69) is 10.8 Å². The molecular weight excluding hydrogens is 410 g/mol. The Morgan fingerprint density at radius 2 is 1.68 bits per heavy atom. The zero-order chi connectivity index (χ0) is 22.0. The highest BCUT2D eigenvalue weighted by atomic mass is 32.2. The van der Waals surface area contributed by atoms with Crippen LogP contribution in [0.5, 0.6) is 0 Å². The van der Waals surface area contributed by atoms with Crippen LogP contribution in [-0.2, 0) is 16.6 Å². The van der Waals surface area contributed by atoms with E-state index in [1.54, 1.807) is 59.3 Å². The van der Waals surface area contributed by atoms with Crippen LogP contribution in [0.25, 0.3) is 10.8 Å². The maximum absolute atomic E-state index is 13.1. The molecule has 0 aliphatic carbocycles. The van der Waals surface area contributed by atoms with Crippen molar-refractivity contribution in [2.45, 2.75) is 18.4 Å². The third-order valence-electron chi connectivity index (χ3n) is 5.03. The van der Waals surface area contributed by atoms with Gasteiger partial charge >= 0.3 is 0 Å². The number of nitrogens with one attached hydrogen (secondary N) is 1. The summed E-state index contributed by atoms with van der Waals surface area (Å²) >= 11 is 0. The highest BCUT2D eigenvalue weighted by molar-refractivity contribution is 7.92. The van der Waals surface area contributed by atoms with Gasteiger partial charge in [0.15, 0.2) is 0 Å². The molecule has 0 fully saturated rings. The van der Waals surface area contributed by atoms with E-state index < -0.39 is 10.0 Å². The first kappa shape index (κ1) is 20.4. The van der Waals surface area contributed by atoms with E-state index in [1.165, 1.54) is 12.1 Å². The molecule has 3 aromatic carbocycles. The Morgan fingerprint density at radius 3 is 2.35 bits per heavy atom. The van der Waals surface area contributed by atoms with Gasteiger partial charge in [-0.2, -0.15) is 5.26 Å². The van der Waals surface area contributed by atoms with Crippen molar-refractivity contribution in [1.29, 1.82) is 5.26 Å². The number of nitriles is 1. The normalized spacial score (nSPS) is 11.2. The number of fused-ring (bicyclic) bond motifs is 1. The Balaban J connectivity index is 1.72. The Labute approximate surface area is 180 Å². The van der Waals surface area contributed by atoms with Crippen LogP contribution in [0.4, 0.5) is 5.69 Å². The van der Waals surface area contributed by atoms with E-state index in [0.717, 1.165) is 16.5 Å². The zero-order valence-corrected chi connectivity index (χ0v) is 17.6. The Bertz CT molecular complexity index is 1470. The van der Waals surface area contributed by atoms with Crippen LogP contribution in [0, 0.1) is 18.3 Å². The summed E-state index contributed by atoms with van der Waals surface area (Å²) < 4.78 is 29.4. The molecule has 0 aliphatic heterocycles. The SMILES string of the molecule is Cc1cn(Cc2ccc(C#N)cc2)c(=O)c2cc(NS(=O)(=O)c3ccccc3)ccc12. The van der Waals surface area contributed by atoms with E-state index in [1.807, 2.05) is 19.1 Å². The number of hydrogen-bond donors (Lipinski definition) is 1.